The van der Waals surface area contributed by atoms with E-state index in [1.165, 1.54) is 11.3 Å². The zero-order valence-electron chi connectivity index (χ0n) is 24.1. The molecule has 0 aromatic heterocycles. The molecular weight excluding hydrogens is 533 g/mol. The molecule has 13 heteroatoms. The van der Waals surface area contributed by atoms with Gasteiger partial charge in [-0.2, -0.15) is 0 Å². The Balaban J connectivity index is 0.00000187. The number of ketones is 1. The third-order valence-corrected chi connectivity index (χ3v) is 6.54. The molecule has 0 spiro atoms. The fourth-order valence-corrected chi connectivity index (χ4v) is 4.54. The van der Waals surface area contributed by atoms with Gasteiger partial charge in [0.1, 0.15) is 12.7 Å². The van der Waals surface area contributed by atoms with E-state index in [-0.39, 0.29) is 25.5 Å². The molecule has 0 radical (unpaired) electrons. The minimum atomic E-state index is -1.22. The summed E-state index contributed by atoms with van der Waals surface area (Å²) in [6.07, 6.45) is 2.76. The Morgan fingerprint density at radius 3 is 2.51 bits per heavy atom. The van der Waals surface area contributed by atoms with E-state index >= 15 is 0 Å². The second-order valence-corrected chi connectivity index (χ2v) is 9.89. The fraction of sp³-hybridized carbons (Fsp3) is 0.607. The number of morpholine rings is 1. The first-order chi connectivity index (χ1) is 19.7. The number of alkyl halides is 1. The maximum atomic E-state index is 13.1. The molecule has 1 aromatic rings. The lowest BCUT2D eigenvalue weighted by atomic mass is 10.1. The van der Waals surface area contributed by atoms with Crippen LogP contribution in [0.4, 0.5) is 10.1 Å². The number of carbonyl (C=O) groups excluding carboxylic acids is 4. The quantitative estimate of drug-likeness (QED) is 0.160. The van der Waals surface area contributed by atoms with Crippen molar-refractivity contribution >= 4 is 35.2 Å². The number of amides is 3. The van der Waals surface area contributed by atoms with Crippen LogP contribution in [0.3, 0.4) is 0 Å². The van der Waals surface area contributed by atoms with Crippen LogP contribution in [0.15, 0.2) is 29.3 Å². The molecule has 2 heterocycles. The summed E-state index contributed by atoms with van der Waals surface area (Å²) in [4.78, 5) is 57.9. The molecule has 0 unspecified atom stereocenters. The van der Waals surface area contributed by atoms with Gasteiger partial charge in [0.05, 0.1) is 25.8 Å². The van der Waals surface area contributed by atoms with Crippen molar-refractivity contribution < 1.29 is 28.3 Å². The molecule has 2 fully saturated rings. The van der Waals surface area contributed by atoms with Crippen LogP contribution < -0.4 is 27.0 Å². The number of hydrogen-bond donors (Lipinski definition) is 4. The highest BCUT2D eigenvalue weighted by molar-refractivity contribution is 5.98. The lowest BCUT2D eigenvalue weighted by Gasteiger charge is -2.29. The van der Waals surface area contributed by atoms with Gasteiger partial charge in [-0.05, 0) is 43.9 Å². The number of aliphatic imine (C=N–C) groups is 1. The standard InChI is InChI=1S/C25H36FN7O5.C3H8/c26-15-21(34)19(6-2-8-29-25(27)28)31-24(37)20-7-3-9-33(20)22(35)16-30-23(36)17-4-1-5-18(14-17)32-10-12-38-13-11-32;1-3-2/h1,4-5,14,19-20H,2-3,6-13,15-16H2,(H,30,36)(H,31,37)(H4,27,28,29);3H2,1-2H3/t19-,20-;/m0./s1. The molecule has 228 valence electrons. The zero-order chi connectivity index (χ0) is 30.2. The molecule has 41 heavy (non-hydrogen) atoms. The first-order valence-electron chi connectivity index (χ1n) is 14.2. The van der Waals surface area contributed by atoms with Gasteiger partial charge in [-0.15, -0.1) is 0 Å². The number of Topliss-reactive ketones (excluding diaryl/α,β-unsaturated/α-hetero) is 1. The molecule has 0 bridgehead atoms. The van der Waals surface area contributed by atoms with E-state index < -0.39 is 42.3 Å². The fourth-order valence-electron chi connectivity index (χ4n) is 4.54. The van der Waals surface area contributed by atoms with Crippen molar-refractivity contribution in [1.82, 2.24) is 15.5 Å². The van der Waals surface area contributed by atoms with Crippen LogP contribution in [-0.2, 0) is 19.1 Å². The van der Waals surface area contributed by atoms with Crippen LogP contribution >= 0.6 is 0 Å². The third-order valence-electron chi connectivity index (χ3n) is 6.54. The highest BCUT2D eigenvalue weighted by Gasteiger charge is 2.35. The highest BCUT2D eigenvalue weighted by atomic mass is 19.1. The summed E-state index contributed by atoms with van der Waals surface area (Å²) in [6.45, 7) is 6.02. The van der Waals surface area contributed by atoms with Crippen molar-refractivity contribution in [2.45, 2.75) is 58.0 Å². The van der Waals surface area contributed by atoms with Gasteiger partial charge in [0.25, 0.3) is 5.91 Å². The average molecular weight is 578 g/mol. The SMILES string of the molecule is CCC.NC(N)=NCCC[C@H](NC(=O)[C@@H]1CCCN1C(=O)CNC(=O)c1cccc(N2CCOCC2)c1)C(=O)CF. The summed E-state index contributed by atoms with van der Waals surface area (Å²) in [5.74, 6) is -2.21. The molecule has 2 saturated heterocycles. The molecule has 12 nitrogen and oxygen atoms in total. The Kier molecular flexibility index (Phi) is 14.6. The van der Waals surface area contributed by atoms with Gasteiger partial charge in [0.2, 0.25) is 11.8 Å². The number of guanidine groups is 1. The molecule has 0 saturated carbocycles. The van der Waals surface area contributed by atoms with Crippen molar-refractivity contribution in [3.8, 4) is 0 Å². The number of halogens is 1. The lowest BCUT2D eigenvalue weighted by molar-refractivity contribution is -0.138. The summed E-state index contributed by atoms with van der Waals surface area (Å²) in [5, 5.41) is 5.21. The second-order valence-electron chi connectivity index (χ2n) is 9.89. The number of anilines is 1. The maximum absolute atomic E-state index is 13.1. The van der Waals surface area contributed by atoms with Crippen molar-refractivity contribution in [3.05, 3.63) is 29.8 Å². The van der Waals surface area contributed by atoms with Gasteiger partial charge < -0.3 is 36.6 Å². The zero-order valence-corrected chi connectivity index (χ0v) is 24.1. The van der Waals surface area contributed by atoms with Gasteiger partial charge in [-0.1, -0.05) is 26.3 Å². The number of likely N-dealkylation sites (tertiary alicyclic amines) is 1. The van der Waals surface area contributed by atoms with E-state index in [1.54, 1.807) is 18.2 Å². The van der Waals surface area contributed by atoms with Crippen molar-refractivity contribution in [3.63, 3.8) is 0 Å². The minimum absolute atomic E-state index is 0.0978. The lowest BCUT2D eigenvalue weighted by Crippen LogP contribution is -2.52. The van der Waals surface area contributed by atoms with Crippen LogP contribution in [-0.4, -0.2) is 99.1 Å². The Morgan fingerprint density at radius 1 is 1.15 bits per heavy atom. The van der Waals surface area contributed by atoms with Crippen LogP contribution in [0.5, 0.6) is 0 Å². The highest BCUT2D eigenvalue weighted by Crippen LogP contribution is 2.19. The summed E-state index contributed by atoms with van der Waals surface area (Å²) in [7, 11) is 0. The average Bonchev–Trinajstić information content (AvgIpc) is 3.48. The van der Waals surface area contributed by atoms with E-state index in [0.29, 0.717) is 44.6 Å². The predicted molar refractivity (Wildman–Crippen MR) is 155 cm³/mol. The van der Waals surface area contributed by atoms with Crippen LogP contribution in [0.25, 0.3) is 0 Å². The largest absolute Gasteiger partial charge is 0.378 e. The van der Waals surface area contributed by atoms with E-state index in [1.807, 2.05) is 6.07 Å². The molecular formula is C28H44FN7O5. The molecule has 6 N–H and O–H groups in total. The first kappa shape index (κ1) is 33.5. The summed E-state index contributed by atoms with van der Waals surface area (Å²) < 4.78 is 18.4. The Labute approximate surface area is 241 Å². The molecule has 0 aliphatic carbocycles. The first-order valence-corrected chi connectivity index (χ1v) is 14.2. The van der Waals surface area contributed by atoms with Gasteiger partial charge >= 0.3 is 0 Å². The Hall–Kier alpha value is -3.74. The smallest absolute Gasteiger partial charge is 0.251 e. The number of nitrogens with one attached hydrogen (secondary N) is 2. The van der Waals surface area contributed by atoms with E-state index in [9.17, 15) is 23.6 Å². The van der Waals surface area contributed by atoms with E-state index in [0.717, 1.165) is 18.8 Å². The molecule has 2 atom stereocenters. The number of hydrogen-bond acceptors (Lipinski definition) is 7. The second kappa shape index (κ2) is 17.8. The van der Waals surface area contributed by atoms with Crippen LogP contribution in [0, 0.1) is 0 Å². The van der Waals surface area contributed by atoms with Crippen molar-refractivity contribution in [1.29, 1.82) is 0 Å². The minimum Gasteiger partial charge on any atom is -0.378 e. The molecule has 2 aliphatic rings. The van der Waals surface area contributed by atoms with Gasteiger partial charge in [-0.25, -0.2) is 4.39 Å². The maximum Gasteiger partial charge on any atom is 0.251 e. The van der Waals surface area contributed by atoms with E-state index in [2.05, 4.69) is 34.4 Å². The number of ether oxygens (including phenoxy) is 1. The molecule has 3 rings (SSSR count). The van der Waals surface area contributed by atoms with Crippen LogP contribution in [0.1, 0.15) is 56.3 Å². The Bertz CT molecular complexity index is 1040. The Morgan fingerprint density at radius 2 is 1.85 bits per heavy atom. The van der Waals surface area contributed by atoms with Crippen LogP contribution in [0.2, 0.25) is 0 Å². The summed E-state index contributed by atoms with van der Waals surface area (Å²) in [5.41, 5.74) is 11.9. The number of benzene rings is 1. The van der Waals surface area contributed by atoms with Gasteiger partial charge in [0.15, 0.2) is 11.7 Å². The molecule has 3 amide bonds. The van der Waals surface area contributed by atoms with Gasteiger partial charge in [-0.3, -0.25) is 24.2 Å². The number of nitrogens with zero attached hydrogens (tertiary/aromatic N) is 3. The molecule has 2 aliphatic heterocycles. The topological polar surface area (TPSA) is 172 Å². The molecule has 1 aromatic carbocycles. The van der Waals surface area contributed by atoms with Crippen molar-refractivity contribution in [2.75, 3.05) is 57.5 Å². The number of nitrogens with two attached hydrogens (primary N) is 2. The predicted octanol–water partition coefficient (Wildman–Crippen LogP) is 0.737. The third kappa shape index (κ3) is 11.0. The monoisotopic (exact) mass is 577 g/mol. The van der Waals surface area contributed by atoms with Crippen molar-refractivity contribution in [2.24, 2.45) is 16.5 Å². The normalized spacial score (nSPS) is 17.1. The van der Waals surface area contributed by atoms with E-state index in [4.69, 9.17) is 16.2 Å². The summed E-state index contributed by atoms with van der Waals surface area (Å²) >= 11 is 0. The summed E-state index contributed by atoms with van der Waals surface area (Å²) in [6, 6.07) is 5.30. The van der Waals surface area contributed by atoms with Gasteiger partial charge in [0, 0.05) is 37.4 Å². The number of carbonyl (C=O) groups is 4. The number of rotatable bonds is 12.